The van der Waals surface area contributed by atoms with Crippen LogP contribution in [0.25, 0.3) is 15.7 Å². The Hall–Kier alpha value is -2.35. The number of benzene rings is 1. The smallest absolute Gasteiger partial charge is 0.347 e. The van der Waals surface area contributed by atoms with Crippen molar-refractivity contribution < 1.29 is 0 Å². The van der Waals surface area contributed by atoms with Crippen molar-refractivity contribution in [3.8, 4) is 0 Å². The maximum atomic E-state index is 11.2. The fraction of sp³-hybridized carbons (Fsp3) is 0.100. The molecule has 1 heterocycles. The number of nitrogen functional groups attached to an aromatic ring is 1. The molecule has 2 N–H and O–H groups in total. The van der Waals surface area contributed by atoms with Gasteiger partial charge in [-0.05, 0) is 12.1 Å². The van der Waals surface area contributed by atoms with Crippen LogP contribution in [-0.2, 0) is 7.05 Å². The molecule has 1 aromatic carbocycles. The van der Waals surface area contributed by atoms with Gasteiger partial charge in [0.25, 0.3) is 0 Å². The van der Waals surface area contributed by atoms with Crippen LogP contribution in [0, 0.1) is 6.57 Å². The molecule has 0 saturated carbocycles. The van der Waals surface area contributed by atoms with Gasteiger partial charge < -0.3 is 10.3 Å². The van der Waals surface area contributed by atoms with E-state index in [1.165, 1.54) is 4.57 Å². The van der Waals surface area contributed by atoms with Crippen LogP contribution < -0.4 is 11.4 Å². The fourth-order valence-electron chi connectivity index (χ4n) is 1.35. The average Bonchev–Trinajstić information content (AvgIpc) is 2.20. The summed E-state index contributed by atoms with van der Waals surface area (Å²) in [5, 5.41) is 0.734. The minimum atomic E-state index is -0.336. The molecule has 15 heavy (non-hydrogen) atoms. The molecular weight excluding hydrogens is 192 g/mol. The van der Waals surface area contributed by atoms with Crippen molar-refractivity contribution in [3.05, 3.63) is 40.2 Å². The highest BCUT2D eigenvalue weighted by molar-refractivity contribution is 5.88. The van der Waals surface area contributed by atoms with E-state index in [9.17, 15) is 4.79 Å². The molecule has 0 fully saturated rings. The number of rotatable bonds is 0. The molecule has 0 amide bonds. The number of hydrogen-bond donors (Lipinski definition) is 1. The van der Waals surface area contributed by atoms with Crippen molar-refractivity contribution in [2.24, 2.45) is 7.05 Å². The van der Waals surface area contributed by atoms with E-state index < -0.39 is 0 Å². The number of aromatic nitrogens is 2. The van der Waals surface area contributed by atoms with Gasteiger partial charge >= 0.3 is 5.69 Å². The van der Waals surface area contributed by atoms with Gasteiger partial charge in [-0.2, -0.15) is 4.98 Å². The molecule has 0 saturated heterocycles. The third kappa shape index (κ3) is 1.42. The highest BCUT2D eigenvalue weighted by atomic mass is 16.1. The minimum Gasteiger partial charge on any atom is -0.407 e. The summed E-state index contributed by atoms with van der Waals surface area (Å²) in [5.41, 5.74) is 6.53. The lowest BCUT2D eigenvalue weighted by atomic mass is 10.2. The van der Waals surface area contributed by atoms with Gasteiger partial charge in [0.15, 0.2) is 0 Å². The van der Waals surface area contributed by atoms with E-state index in [4.69, 9.17) is 12.3 Å². The average molecular weight is 200 g/mol. The van der Waals surface area contributed by atoms with Crippen LogP contribution in [0.2, 0.25) is 0 Å². The lowest BCUT2D eigenvalue weighted by molar-refractivity contribution is 0.827. The second-order valence-corrected chi connectivity index (χ2v) is 3.22. The number of aryl methyl sites for hydroxylation is 1. The standard InChI is InChI=1S/C10H8N4O/c1-12-9-3-6-5-14(2)10(15)13-8(6)4-7(9)11/h3-5H,11H2,2H3. The molecule has 0 radical (unpaired) electrons. The molecule has 0 aliphatic carbocycles. The van der Waals surface area contributed by atoms with Gasteiger partial charge in [-0.3, -0.25) is 0 Å². The van der Waals surface area contributed by atoms with E-state index in [0.717, 1.165) is 5.39 Å². The number of nitrogens with zero attached hydrogens (tertiary/aromatic N) is 3. The molecule has 0 bridgehead atoms. The van der Waals surface area contributed by atoms with E-state index in [1.807, 2.05) is 0 Å². The van der Waals surface area contributed by atoms with Gasteiger partial charge in [0.1, 0.15) is 0 Å². The Morgan fingerprint density at radius 1 is 1.53 bits per heavy atom. The Bertz CT molecular complexity index is 636. The molecule has 0 unspecified atom stereocenters. The molecule has 2 aromatic rings. The van der Waals surface area contributed by atoms with Crippen LogP contribution in [0.3, 0.4) is 0 Å². The van der Waals surface area contributed by atoms with Crippen molar-refractivity contribution in [3.63, 3.8) is 0 Å². The van der Waals surface area contributed by atoms with Crippen molar-refractivity contribution in [2.45, 2.75) is 0 Å². The summed E-state index contributed by atoms with van der Waals surface area (Å²) in [6, 6.07) is 3.17. The summed E-state index contributed by atoms with van der Waals surface area (Å²) >= 11 is 0. The number of anilines is 1. The van der Waals surface area contributed by atoms with Gasteiger partial charge in [-0.15, -0.1) is 0 Å². The number of nitrogens with two attached hydrogens (primary N) is 1. The SMILES string of the molecule is [C-]#[N+]c1cc2cn(C)c(=O)nc2cc1N. The van der Waals surface area contributed by atoms with Crippen LogP contribution in [0.1, 0.15) is 0 Å². The van der Waals surface area contributed by atoms with Crippen LogP contribution in [0.5, 0.6) is 0 Å². The van der Waals surface area contributed by atoms with Gasteiger partial charge in [0.2, 0.25) is 5.69 Å². The van der Waals surface area contributed by atoms with E-state index >= 15 is 0 Å². The molecule has 74 valence electrons. The minimum absolute atomic E-state index is 0.336. The van der Waals surface area contributed by atoms with E-state index in [0.29, 0.717) is 16.9 Å². The van der Waals surface area contributed by atoms with Crippen molar-refractivity contribution in [2.75, 3.05) is 5.73 Å². The first-order chi connectivity index (χ1) is 7.11. The molecule has 5 heteroatoms. The fourth-order valence-corrected chi connectivity index (χ4v) is 1.35. The quantitative estimate of drug-likeness (QED) is 0.511. The molecule has 0 aliphatic rings. The summed E-state index contributed by atoms with van der Waals surface area (Å²) in [6.45, 7) is 6.91. The largest absolute Gasteiger partial charge is 0.407 e. The summed E-state index contributed by atoms with van der Waals surface area (Å²) < 4.78 is 1.37. The Kier molecular flexibility index (Phi) is 1.90. The Labute approximate surface area is 85.6 Å². The van der Waals surface area contributed by atoms with Crippen molar-refractivity contribution in [1.29, 1.82) is 0 Å². The zero-order chi connectivity index (χ0) is 11.0. The molecule has 5 nitrogen and oxygen atoms in total. The monoisotopic (exact) mass is 200 g/mol. The molecular formula is C10H8N4O. The van der Waals surface area contributed by atoms with Crippen LogP contribution in [0.15, 0.2) is 23.1 Å². The van der Waals surface area contributed by atoms with Crippen LogP contribution in [-0.4, -0.2) is 9.55 Å². The molecule has 0 atom stereocenters. The third-order valence-electron chi connectivity index (χ3n) is 2.15. The maximum Gasteiger partial charge on any atom is 0.347 e. The first kappa shape index (κ1) is 9.21. The normalized spacial score (nSPS) is 10.1. The van der Waals surface area contributed by atoms with Gasteiger partial charge in [0.05, 0.1) is 12.1 Å². The highest BCUT2D eigenvalue weighted by Crippen LogP contribution is 2.26. The lowest BCUT2D eigenvalue weighted by Crippen LogP contribution is -2.18. The summed E-state index contributed by atoms with van der Waals surface area (Å²) in [7, 11) is 1.61. The van der Waals surface area contributed by atoms with E-state index in [-0.39, 0.29) is 5.69 Å². The molecule has 2 rings (SSSR count). The molecule has 1 aromatic heterocycles. The second-order valence-electron chi connectivity index (χ2n) is 3.22. The Morgan fingerprint density at radius 2 is 2.27 bits per heavy atom. The zero-order valence-electron chi connectivity index (χ0n) is 8.06. The zero-order valence-corrected chi connectivity index (χ0v) is 8.06. The first-order valence-corrected chi connectivity index (χ1v) is 4.26. The highest BCUT2D eigenvalue weighted by Gasteiger charge is 2.04. The number of hydrogen-bond acceptors (Lipinski definition) is 3. The number of fused-ring (bicyclic) bond motifs is 1. The van der Waals surface area contributed by atoms with Crippen LogP contribution >= 0.6 is 0 Å². The summed E-state index contributed by atoms with van der Waals surface area (Å²) in [6.07, 6.45) is 1.64. The predicted octanol–water partition coefficient (Wildman–Crippen LogP) is 1.07. The summed E-state index contributed by atoms with van der Waals surface area (Å²) in [4.78, 5) is 18.4. The van der Waals surface area contributed by atoms with Crippen molar-refractivity contribution in [1.82, 2.24) is 9.55 Å². The van der Waals surface area contributed by atoms with Gasteiger partial charge in [-0.25, -0.2) is 9.64 Å². The Morgan fingerprint density at radius 3 is 2.93 bits per heavy atom. The van der Waals surface area contributed by atoms with E-state index in [1.54, 1.807) is 25.4 Å². The van der Waals surface area contributed by atoms with Gasteiger partial charge in [0, 0.05) is 24.3 Å². The maximum absolute atomic E-state index is 11.2. The molecule has 0 aliphatic heterocycles. The van der Waals surface area contributed by atoms with Crippen molar-refractivity contribution >= 4 is 22.3 Å². The predicted molar refractivity (Wildman–Crippen MR) is 57.7 cm³/mol. The topological polar surface area (TPSA) is 65.3 Å². The first-order valence-electron chi connectivity index (χ1n) is 4.26. The van der Waals surface area contributed by atoms with Gasteiger partial charge in [-0.1, -0.05) is 0 Å². The second kappa shape index (κ2) is 3.10. The summed E-state index contributed by atoms with van der Waals surface area (Å²) in [5.74, 6) is 0. The third-order valence-corrected chi connectivity index (χ3v) is 2.15. The van der Waals surface area contributed by atoms with Crippen LogP contribution in [0.4, 0.5) is 11.4 Å². The molecule has 0 spiro atoms. The lowest BCUT2D eigenvalue weighted by Gasteiger charge is -2.02. The Balaban J connectivity index is 2.90. The van der Waals surface area contributed by atoms with E-state index in [2.05, 4.69) is 9.83 Å².